The third-order valence-electron chi connectivity index (χ3n) is 6.92. The first-order chi connectivity index (χ1) is 19.8. The molecular formula is C30H24FN3O5S2. The first kappa shape index (κ1) is 27.0. The molecule has 3 heterocycles. The van der Waals surface area contributed by atoms with E-state index >= 15 is 0 Å². The fourth-order valence-electron chi connectivity index (χ4n) is 4.94. The Morgan fingerprint density at radius 2 is 1.88 bits per heavy atom. The second-order valence-corrected chi connectivity index (χ2v) is 11.8. The van der Waals surface area contributed by atoms with E-state index in [1.165, 1.54) is 28.8 Å². The molecule has 0 bridgehead atoms. The van der Waals surface area contributed by atoms with Crippen LogP contribution in [0.2, 0.25) is 0 Å². The summed E-state index contributed by atoms with van der Waals surface area (Å²) in [5, 5.41) is 20.2. The van der Waals surface area contributed by atoms with Crippen LogP contribution in [0.3, 0.4) is 0 Å². The van der Waals surface area contributed by atoms with E-state index in [1.807, 2.05) is 6.92 Å². The zero-order valence-electron chi connectivity index (χ0n) is 22.0. The number of hydrogen-bond donors (Lipinski definition) is 1. The van der Waals surface area contributed by atoms with Crippen LogP contribution in [-0.4, -0.2) is 40.2 Å². The van der Waals surface area contributed by atoms with Crippen molar-refractivity contribution in [3.05, 3.63) is 100 Å². The van der Waals surface area contributed by atoms with Crippen molar-refractivity contribution in [2.45, 2.75) is 35.6 Å². The van der Waals surface area contributed by atoms with E-state index in [9.17, 15) is 19.1 Å². The summed E-state index contributed by atoms with van der Waals surface area (Å²) in [6, 6.07) is 17.4. The first-order valence-electron chi connectivity index (χ1n) is 12.8. The predicted molar refractivity (Wildman–Crippen MR) is 154 cm³/mol. The Balaban J connectivity index is 1.38. The van der Waals surface area contributed by atoms with Gasteiger partial charge in [0.25, 0.3) is 5.78 Å². The van der Waals surface area contributed by atoms with Crippen molar-refractivity contribution in [3.8, 4) is 11.5 Å². The summed E-state index contributed by atoms with van der Waals surface area (Å²) in [6.07, 6.45) is 0.690. The number of ketones is 1. The van der Waals surface area contributed by atoms with Gasteiger partial charge in [0.05, 0.1) is 18.7 Å². The summed E-state index contributed by atoms with van der Waals surface area (Å²) in [5.41, 5.74) is 2.80. The summed E-state index contributed by atoms with van der Waals surface area (Å²) in [5.74, 6) is -0.343. The number of aliphatic hydroxyl groups excluding tert-OH is 1. The van der Waals surface area contributed by atoms with Gasteiger partial charge in [-0.15, -0.1) is 10.2 Å². The van der Waals surface area contributed by atoms with Crippen molar-refractivity contribution in [1.82, 2.24) is 10.2 Å². The molecule has 11 heteroatoms. The summed E-state index contributed by atoms with van der Waals surface area (Å²) < 4.78 is 24.9. The zero-order chi connectivity index (χ0) is 28.7. The maximum atomic E-state index is 13.5. The highest BCUT2D eigenvalue weighted by molar-refractivity contribution is 8.00. The van der Waals surface area contributed by atoms with Gasteiger partial charge in [-0.05, 0) is 66.1 Å². The van der Waals surface area contributed by atoms with Gasteiger partial charge < -0.3 is 14.6 Å². The van der Waals surface area contributed by atoms with Crippen LogP contribution in [0, 0.1) is 5.82 Å². The van der Waals surface area contributed by atoms with E-state index in [2.05, 4.69) is 10.2 Å². The van der Waals surface area contributed by atoms with Crippen LogP contribution in [0.5, 0.6) is 11.5 Å². The number of ether oxygens (including phenoxy) is 2. The molecule has 4 aromatic rings. The smallest absolute Gasteiger partial charge is 0.301 e. The number of methoxy groups -OCH3 is 1. The van der Waals surface area contributed by atoms with Crippen molar-refractivity contribution in [2.75, 3.05) is 12.0 Å². The number of carbonyl (C=O) groups excluding carboxylic acids is 2. The van der Waals surface area contributed by atoms with Gasteiger partial charge in [-0.1, -0.05) is 47.4 Å². The molecule has 3 aromatic carbocycles. The summed E-state index contributed by atoms with van der Waals surface area (Å²) in [7, 11) is 1.55. The maximum absolute atomic E-state index is 13.5. The molecule has 1 aromatic heterocycles. The second-order valence-electron chi connectivity index (χ2n) is 9.66. The Labute approximate surface area is 243 Å². The highest BCUT2D eigenvalue weighted by Crippen LogP contribution is 2.45. The van der Waals surface area contributed by atoms with Crippen molar-refractivity contribution in [1.29, 1.82) is 0 Å². The van der Waals surface area contributed by atoms with Crippen molar-refractivity contribution in [2.24, 2.45) is 0 Å². The molecule has 1 saturated heterocycles. The van der Waals surface area contributed by atoms with Gasteiger partial charge in [0.2, 0.25) is 5.13 Å². The number of anilines is 1. The topological polar surface area (TPSA) is 102 Å². The average molecular weight is 590 g/mol. The minimum absolute atomic E-state index is 0.0137. The average Bonchev–Trinajstić information content (AvgIpc) is 3.67. The summed E-state index contributed by atoms with van der Waals surface area (Å²) in [6.45, 7) is 1.96. The second kappa shape index (κ2) is 11.0. The predicted octanol–water partition coefficient (Wildman–Crippen LogP) is 5.93. The summed E-state index contributed by atoms with van der Waals surface area (Å²) >= 11 is 2.55. The molecule has 1 fully saturated rings. The van der Waals surface area contributed by atoms with Crippen LogP contribution < -0.4 is 14.4 Å². The van der Waals surface area contributed by atoms with Gasteiger partial charge in [-0.3, -0.25) is 14.5 Å². The molecule has 0 spiro atoms. The van der Waals surface area contributed by atoms with Crippen LogP contribution in [0.25, 0.3) is 5.76 Å². The molecule has 0 aliphatic carbocycles. The Hall–Kier alpha value is -4.22. The first-order valence-corrected chi connectivity index (χ1v) is 14.6. The van der Waals surface area contributed by atoms with Crippen LogP contribution in [0.1, 0.15) is 35.2 Å². The fourth-order valence-corrected chi connectivity index (χ4v) is 6.76. The molecule has 0 unspecified atom stereocenters. The van der Waals surface area contributed by atoms with Gasteiger partial charge >= 0.3 is 5.91 Å². The Morgan fingerprint density at radius 3 is 2.61 bits per heavy atom. The Morgan fingerprint density at radius 1 is 1.12 bits per heavy atom. The third kappa shape index (κ3) is 5.18. The highest BCUT2D eigenvalue weighted by Gasteiger charge is 2.48. The summed E-state index contributed by atoms with van der Waals surface area (Å²) in [4.78, 5) is 28.3. The molecule has 0 radical (unpaired) electrons. The number of rotatable bonds is 7. The quantitative estimate of drug-likeness (QED) is 0.0931. The van der Waals surface area contributed by atoms with E-state index in [0.717, 1.165) is 28.2 Å². The number of amides is 1. The molecule has 1 N–H and O–H groups in total. The minimum atomic E-state index is -0.938. The van der Waals surface area contributed by atoms with Gasteiger partial charge in [-0.25, -0.2) is 4.39 Å². The Kier molecular flexibility index (Phi) is 7.22. The number of halogens is 1. The normalized spacial score (nSPS) is 19.3. The van der Waals surface area contributed by atoms with E-state index in [1.54, 1.807) is 61.7 Å². The zero-order valence-corrected chi connectivity index (χ0v) is 23.7. The van der Waals surface area contributed by atoms with Crippen LogP contribution in [0.4, 0.5) is 9.52 Å². The SMILES string of the molecule is COc1ccc([C@@H]2C(=C(O)c3ccc4c(c3)C[C@@H](C)O4)C(=O)C(=O)N2c2nnc(SCc3ccc(F)cc3)s2)cc1. The number of nitrogens with zero attached hydrogens (tertiary/aromatic N) is 3. The van der Waals surface area contributed by atoms with Crippen LogP contribution in [-0.2, 0) is 21.8 Å². The lowest BCUT2D eigenvalue weighted by atomic mass is 9.94. The lowest BCUT2D eigenvalue weighted by molar-refractivity contribution is -0.132. The fraction of sp³-hybridized carbons (Fsp3) is 0.200. The minimum Gasteiger partial charge on any atom is -0.507 e. The molecule has 2 atom stereocenters. The highest BCUT2D eigenvalue weighted by atomic mass is 32.2. The molecule has 208 valence electrons. The maximum Gasteiger partial charge on any atom is 0.301 e. The van der Waals surface area contributed by atoms with E-state index in [-0.39, 0.29) is 28.4 Å². The van der Waals surface area contributed by atoms with Crippen molar-refractivity contribution < 1.29 is 28.6 Å². The number of carbonyl (C=O) groups is 2. The molecule has 41 heavy (non-hydrogen) atoms. The number of thioether (sulfide) groups is 1. The third-order valence-corrected chi connectivity index (χ3v) is 9.05. The largest absolute Gasteiger partial charge is 0.507 e. The number of hydrogen-bond acceptors (Lipinski definition) is 9. The standard InChI is InChI=1S/C30H24FN3O5S2/c1-16-13-20-14-19(7-12-23(20)39-16)26(35)24-25(18-5-10-22(38-2)11-6-18)34(28(37)27(24)36)29-32-33-30(41-29)40-15-17-3-8-21(31)9-4-17/h3-12,14,16,25,35H,13,15H2,1-2H3/t16-,25-/m1/s1. The molecular weight excluding hydrogens is 565 g/mol. The molecule has 2 aliphatic heterocycles. The molecule has 1 amide bonds. The van der Waals surface area contributed by atoms with E-state index in [4.69, 9.17) is 9.47 Å². The lowest BCUT2D eigenvalue weighted by Crippen LogP contribution is -2.29. The van der Waals surface area contributed by atoms with E-state index in [0.29, 0.717) is 33.4 Å². The number of aliphatic hydroxyl groups is 1. The Bertz CT molecular complexity index is 1670. The number of fused-ring (bicyclic) bond motifs is 1. The van der Waals surface area contributed by atoms with Crippen molar-refractivity contribution >= 4 is 45.7 Å². The number of Topliss-reactive ketones (excluding diaryl/α,β-unsaturated/α-hetero) is 1. The molecule has 0 saturated carbocycles. The number of aromatic nitrogens is 2. The van der Waals surface area contributed by atoms with E-state index < -0.39 is 17.7 Å². The van der Waals surface area contributed by atoms with Crippen molar-refractivity contribution in [3.63, 3.8) is 0 Å². The molecule has 2 aliphatic rings. The van der Waals surface area contributed by atoms with Crippen LogP contribution in [0.15, 0.2) is 76.6 Å². The molecule has 8 nitrogen and oxygen atoms in total. The van der Waals surface area contributed by atoms with Gasteiger partial charge in [0.1, 0.15) is 29.2 Å². The lowest BCUT2D eigenvalue weighted by Gasteiger charge is -2.22. The van der Waals surface area contributed by atoms with Gasteiger partial charge in [-0.2, -0.15) is 0 Å². The number of benzene rings is 3. The van der Waals surface area contributed by atoms with Crippen LogP contribution >= 0.6 is 23.1 Å². The molecule has 6 rings (SSSR count). The monoisotopic (exact) mass is 589 g/mol. The van der Waals surface area contributed by atoms with Gasteiger partial charge in [0, 0.05) is 17.7 Å². The van der Waals surface area contributed by atoms with Gasteiger partial charge in [0.15, 0.2) is 4.34 Å².